The number of benzene rings is 4. The van der Waals surface area contributed by atoms with Gasteiger partial charge in [-0.3, -0.25) is 19.7 Å². The highest BCUT2D eigenvalue weighted by Gasteiger charge is 2.36. The number of anilines is 2. The van der Waals surface area contributed by atoms with Crippen LogP contribution in [-0.2, 0) is 21.0 Å². The van der Waals surface area contributed by atoms with E-state index in [1.54, 1.807) is 30.3 Å². The lowest BCUT2D eigenvalue weighted by Crippen LogP contribution is -2.54. The maximum atomic E-state index is 13.3. The van der Waals surface area contributed by atoms with E-state index in [0.29, 0.717) is 23.6 Å². The molecule has 4 aromatic rings. The summed E-state index contributed by atoms with van der Waals surface area (Å²) in [7, 11) is 0. The molecule has 10 heteroatoms. The third-order valence-electron chi connectivity index (χ3n) is 6.73. The van der Waals surface area contributed by atoms with Crippen LogP contribution in [0, 0.1) is 13.8 Å². The van der Waals surface area contributed by atoms with Gasteiger partial charge in [-0.1, -0.05) is 65.7 Å². The minimum atomic E-state index is -0.865. The second kappa shape index (κ2) is 13.3. The molecule has 5 rings (SSSR count). The number of barbiturate groups is 1. The Hall–Kier alpha value is -5.41. The lowest BCUT2D eigenvalue weighted by atomic mass is 10.1. The zero-order valence-corrected chi connectivity index (χ0v) is 24.7. The van der Waals surface area contributed by atoms with Gasteiger partial charge in [0.1, 0.15) is 23.7 Å². The van der Waals surface area contributed by atoms with Crippen LogP contribution in [0.15, 0.2) is 96.6 Å². The molecule has 2 N–H and O–H groups in total. The molecule has 1 saturated heterocycles. The van der Waals surface area contributed by atoms with Crippen molar-refractivity contribution in [3.63, 3.8) is 0 Å². The van der Waals surface area contributed by atoms with Crippen molar-refractivity contribution in [1.29, 1.82) is 0 Å². The third-order valence-corrected chi connectivity index (χ3v) is 7.02. The molecular weight excluding hydrogens is 582 g/mol. The summed E-state index contributed by atoms with van der Waals surface area (Å²) in [6.07, 6.45) is 1.33. The minimum absolute atomic E-state index is 0.168. The Morgan fingerprint density at radius 1 is 0.909 bits per heavy atom. The molecule has 4 aromatic carbocycles. The molecule has 0 saturated carbocycles. The average molecular weight is 610 g/mol. The Morgan fingerprint density at radius 2 is 1.66 bits per heavy atom. The summed E-state index contributed by atoms with van der Waals surface area (Å²) in [5, 5.41) is 5.17. The molecule has 9 nitrogen and oxygen atoms in total. The van der Waals surface area contributed by atoms with Crippen molar-refractivity contribution in [2.75, 3.05) is 16.8 Å². The van der Waals surface area contributed by atoms with Gasteiger partial charge in [-0.05, 0) is 79.1 Å². The quantitative estimate of drug-likeness (QED) is 0.172. The first kappa shape index (κ1) is 30.1. The molecule has 222 valence electrons. The van der Waals surface area contributed by atoms with Gasteiger partial charge in [-0.15, -0.1) is 0 Å². The number of nitrogens with zero attached hydrogens (tertiary/aromatic N) is 1. The van der Waals surface area contributed by atoms with Crippen LogP contribution in [0.25, 0.3) is 6.08 Å². The second-order valence-electron chi connectivity index (χ2n) is 10.1. The van der Waals surface area contributed by atoms with Crippen LogP contribution < -0.4 is 25.0 Å². The first-order chi connectivity index (χ1) is 21.2. The molecule has 0 atom stereocenters. The predicted molar refractivity (Wildman–Crippen MR) is 168 cm³/mol. The van der Waals surface area contributed by atoms with Crippen molar-refractivity contribution in [3.8, 4) is 11.5 Å². The number of imide groups is 2. The molecule has 0 spiro atoms. The monoisotopic (exact) mass is 609 g/mol. The van der Waals surface area contributed by atoms with Gasteiger partial charge in [-0.25, -0.2) is 9.69 Å². The van der Waals surface area contributed by atoms with Crippen LogP contribution in [-0.4, -0.2) is 30.4 Å². The number of nitrogens with one attached hydrogen (secondary N) is 2. The molecule has 1 aliphatic heterocycles. The van der Waals surface area contributed by atoms with Gasteiger partial charge in [0.2, 0.25) is 0 Å². The van der Waals surface area contributed by atoms with E-state index in [1.807, 2.05) is 62.4 Å². The highest BCUT2D eigenvalue weighted by atomic mass is 35.5. The third kappa shape index (κ3) is 7.14. The van der Waals surface area contributed by atoms with Crippen molar-refractivity contribution in [1.82, 2.24) is 5.32 Å². The number of hydrogen-bond donors (Lipinski definition) is 2. The van der Waals surface area contributed by atoms with Gasteiger partial charge in [0.05, 0.1) is 10.7 Å². The minimum Gasteiger partial charge on any atom is -0.489 e. The normalized spacial score (nSPS) is 13.9. The molecule has 0 radical (unpaired) electrons. The molecule has 5 amide bonds. The van der Waals surface area contributed by atoms with Gasteiger partial charge in [0, 0.05) is 5.69 Å². The number of halogens is 1. The fourth-order valence-corrected chi connectivity index (χ4v) is 4.74. The standard InChI is InChI=1S/C34H28ClN3O6/c1-21-8-14-29(22(2)16-21)36-31(39)20-44-30-15-9-24(18-28(30)35)17-27-32(40)37-34(42)38(33(27)41)25-10-12-26(13-11-25)43-19-23-6-4-3-5-7-23/h3-18H,19-20H2,1-2H3,(H,36,39)(H,37,40,42)/b27-17-. The van der Waals surface area contributed by atoms with Gasteiger partial charge in [-0.2, -0.15) is 0 Å². The summed E-state index contributed by atoms with van der Waals surface area (Å²) in [4.78, 5) is 51.8. The lowest BCUT2D eigenvalue weighted by molar-refractivity contribution is -0.122. The van der Waals surface area contributed by atoms with E-state index < -0.39 is 17.8 Å². The first-order valence-corrected chi connectivity index (χ1v) is 14.0. The topological polar surface area (TPSA) is 114 Å². The fraction of sp³-hybridized carbons (Fsp3) is 0.118. The Morgan fingerprint density at radius 3 is 2.36 bits per heavy atom. The van der Waals surface area contributed by atoms with Crippen LogP contribution in [0.5, 0.6) is 11.5 Å². The highest BCUT2D eigenvalue weighted by Crippen LogP contribution is 2.29. The number of ether oxygens (including phenoxy) is 2. The van der Waals surface area contributed by atoms with Crippen LogP contribution in [0.1, 0.15) is 22.3 Å². The molecule has 44 heavy (non-hydrogen) atoms. The number of hydrogen-bond acceptors (Lipinski definition) is 6. The summed E-state index contributed by atoms with van der Waals surface area (Å²) in [6.45, 7) is 3.95. The number of rotatable bonds is 9. The van der Waals surface area contributed by atoms with Crippen LogP contribution in [0.4, 0.5) is 16.2 Å². The Bertz CT molecular complexity index is 1770. The summed E-state index contributed by atoms with van der Waals surface area (Å²) in [6, 6.07) is 25.5. The van der Waals surface area contributed by atoms with Crippen LogP contribution in [0.3, 0.4) is 0 Å². The van der Waals surface area contributed by atoms with Crippen molar-refractivity contribution in [3.05, 3.63) is 124 Å². The van der Waals surface area contributed by atoms with Crippen molar-refractivity contribution < 1.29 is 28.7 Å². The SMILES string of the molecule is Cc1ccc(NC(=O)COc2ccc(/C=C3/C(=O)NC(=O)N(c4ccc(OCc5ccccc5)cc4)C3=O)cc2Cl)c(C)c1. The Labute approximate surface area is 259 Å². The van der Waals surface area contributed by atoms with E-state index in [1.165, 1.54) is 18.2 Å². The Kier molecular flexibility index (Phi) is 9.06. The van der Waals surface area contributed by atoms with Crippen molar-refractivity contribution in [2.45, 2.75) is 20.5 Å². The summed E-state index contributed by atoms with van der Waals surface area (Å²) in [5.41, 5.74) is 4.12. The average Bonchev–Trinajstić information content (AvgIpc) is 3.00. The number of carbonyl (C=O) groups excluding carboxylic acids is 4. The van der Waals surface area contributed by atoms with Gasteiger partial charge in [0.15, 0.2) is 6.61 Å². The molecule has 0 aromatic heterocycles. The van der Waals surface area contributed by atoms with Crippen molar-refractivity contribution >= 4 is 52.8 Å². The zero-order valence-electron chi connectivity index (χ0n) is 23.9. The summed E-state index contributed by atoms with van der Waals surface area (Å²) in [5.74, 6) is -1.19. The largest absolute Gasteiger partial charge is 0.489 e. The number of aryl methyl sites for hydroxylation is 2. The van der Waals surface area contributed by atoms with E-state index >= 15 is 0 Å². The smallest absolute Gasteiger partial charge is 0.335 e. The molecule has 1 fully saturated rings. The number of carbonyl (C=O) groups is 4. The molecular formula is C34H28ClN3O6. The molecule has 0 aliphatic carbocycles. The van der Waals surface area contributed by atoms with E-state index in [9.17, 15) is 19.2 Å². The zero-order chi connectivity index (χ0) is 31.2. The van der Waals surface area contributed by atoms with Crippen LogP contribution >= 0.6 is 11.6 Å². The van der Waals surface area contributed by atoms with Crippen molar-refractivity contribution in [2.24, 2.45) is 0 Å². The van der Waals surface area contributed by atoms with E-state index in [-0.39, 0.29) is 34.5 Å². The van der Waals surface area contributed by atoms with E-state index in [2.05, 4.69) is 10.6 Å². The maximum Gasteiger partial charge on any atom is 0.335 e. The van der Waals surface area contributed by atoms with E-state index in [4.69, 9.17) is 21.1 Å². The Balaban J connectivity index is 1.24. The molecule has 0 unspecified atom stereocenters. The van der Waals surface area contributed by atoms with Gasteiger partial charge < -0.3 is 14.8 Å². The van der Waals surface area contributed by atoms with Gasteiger partial charge in [0.25, 0.3) is 17.7 Å². The predicted octanol–water partition coefficient (Wildman–Crippen LogP) is 6.22. The fourth-order valence-electron chi connectivity index (χ4n) is 4.50. The summed E-state index contributed by atoms with van der Waals surface area (Å²) >= 11 is 6.39. The van der Waals surface area contributed by atoms with Gasteiger partial charge >= 0.3 is 6.03 Å². The van der Waals surface area contributed by atoms with Crippen LogP contribution in [0.2, 0.25) is 5.02 Å². The van der Waals surface area contributed by atoms with E-state index in [0.717, 1.165) is 21.6 Å². The highest BCUT2D eigenvalue weighted by molar-refractivity contribution is 6.39. The second-order valence-corrected chi connectivity index (χ2v) is 10.5. The molecule has 1 heterocycles. The molecule has 0 bridgehead atoms. The first-order valence-electron chi connectivity index (χ1n) is 13.7. The molecule has 1 aliphatic rings. The number of urea groups is 1. The summed E-state index contributed by atoms with van der Waals surface area (Å²) < 4.78 is 11.4. The lowest BCUT2D eigenvalue weighted by Gasteiger charge is -2.26. The maximum absolute atomic E-state index is 13.3. The number of amides is 5.